The van der Waals surface area contributed by atoms with Crippen molar-refractivity contribution in [3.05, 3.63) is 24.3 Å². The maximum atomic E-state index is 8.44. The van der Waals surface area contributed by atoms with Crippen LogP contribution in [0.1, 0.15) is 20.3 Å². The third kappa shape index (κ3) is 3.90. The quantitative estimate of drug-likeness (QED) is 0.750. The number of benzene rings is 1. The fourth-order valence-electron chi connectivity index (χ4n) is 1.22. The first-order valence-corrected chi connectivity index (χ1v) is 5.10. The molecule has 0 aliphatic heterocycles. The minimum atomic E-state index is 0.156. The molecule has 0 fully saturated rings. The maximum absolute atomic E-state index is 8.44. The van der Waals surface area contributed by atoms with E-state index < -0.39 is 0 Å². The Hall–Kier alpha value is -1.69. The number of anilines is 1. The van der Waals surface area contributed by atoms with Gasteiger partial charge in [0, 0.05) is 6.54 Å². The normalized spacial score (nSPS) is 9.73. The van der Waals surface area contributed by atoms with Gasteiger partial charge in [0.05, 0.1) is 24.3 Å². The van der Waals surface area contributed by atoms with Crippen molar-refractivity contribution >= 4 is 5.69 Å². The molecule has 15 heavy (non-hydrogen) atoms. The lowest BCUT2D eigenvalue weighted by Crippen LogP contribution is -2.09. The van der Waals surface area contributed by atoms with Crippen LogP contribution >= 0.6 is 0 Å². The van der Waals surface area contributed by atoms with Gasteiger partial charge in [-0.2, -0.15) is 5.26 Å². The van der Waals surface area contributed by atoms with E-state index in [9.17, 15) is 0 Å². The first-order chi connectivity index (χ1) is 7.24. The maximum Gasteiger partial charge on any atom is 0.142 e. The summed E-state index contributed by atoms with van der Waals surface area (Å²) in [6.45, 7) is 4.63. The summed E-state index contributed by atoms with van der Waals surface area (Å²) in [7, 11) is 0. The Bertz CT molecular complexity index is 342. The fourth-order valence-corrected chi connectivity index (χ4v) is 1.22. The van der Waals surface area contributed by atoms with E-state index in [1.54, 1.807) is 0 Å². The second-order valence-electron chi connectivity index (χ2n) is 3.50. The summed E-state index contributed by atoms with van der Waals surface area (Å²) in [5.74, 6) is 0.838. The van der Waals surface area contributed by atoms with E-state index in [1.165, 1.54) is 0 Å². The van der Waals surface area contributed by atoms with Gasteiger partial charge < -0.3 is 10.1 Å². The van der Waals surface area contributed by atoms with Crippen LogP contribution in [0.2, 0.25) is 0 Å². The van der Waals surface area contributed by atoms with E-state index in [4.69, 9.17) is 10.00 Å². The zero-order valence-electron chi connectivity index (χ0n) is 9.16. The molecule has 0 aromatic heterocycles. The van der Waals surface area contributed by atoms with Gasteiger partial charge in [0.25, 0.3) is 0 Å². The number of ether oxygens (including phenoxy) is 1. The average Bonchev–Trinajstić information content (AvgIpc) is 2.20. The molecule has 0 saturated heterocycles. The van der Waals surface area contributed by atoms with Crippen LogP contribution in [0, 0.1) is 11.3 Å². The van der Waals surface area contributed by atoms with Gasteiger partial charge in [-0.25, -0.2) is 0 Å². The van der Waals surface area contributed by atoms with Crippen molar-refractivity contribution in [1.82, 2.24) is 0 Å². The molecule has 3 nitrogen and oxygen atoms in total. The molecule has 1 N–H and O–H groups in total. The second kappa shape index (κ2) is 5.92. The van der Waals surface area contributed by atoms with Crippen LogP contribution in [0.3, 0.4) is 0 Å². The molecule has 1 aromatic rings. The van der Waals surface area contributed by atoms with Crippen LogP contribution in [0.5, 0.6) is 5.75 Å². The summed E-state index contributed by atoms with van der Waals surface area (Å²) < 4.78 is 5.63. The Morgan fingerprint density at radius 2 is 2.13 bits per heavy atom. The first kappa shape index (κ1) is 11.4. The van der Waals surface area contributed by atoms with Crippen molar-refractivity contribution in [2.45, 2.75) is 26.4 Å². The van der Waals surface area contributed by atoms with Crippen LogP contribution in [0.15, 0.2) is 24.3 Å². The molecule has 0 radical (unpaired) electrons. The van der Waals surface area contributed by atoms with Gasteiger partial charge in [0.2, 0.25) is 0 Å². The summed E-state index contributed by atoms with van der Waals surface area (Å²) in [5.41, 5.74) is 0.946. The Kier molecular flexibility index (Phi) is 4.49. The van der Waals surface area contributed by atoms with Crippen molar-refractivity contribution < 1.29 is 4.74 Å². The Labute approximate surface area is 90.7 Å². The van der Waals surface area contributed by atoms with E-state index in [2.05, 4.69) is 11.4 Å². The number of para-hydroxylation sites is 2. The zero-order valence-corrected chi connectivity index (χ0v) is 9.16. The molecule has 0 spiro atoms. The highest BCUT2D eigenvalue weighted by Crippen LogP contribution is 2.24. The van der Waals surface area contributed by atoms with Gasteiger partial charge in [-0.05, 0) is 26.0 Å². The molecule has 0 saturated carbocycles. The predicted octanol–water partition coefficient (Wildman–Crippen LogP) is 2.80. The van der Waals surface area contributed by atoms with E-state index in [-0.39, 0.29) is 6.10 Å². The van der Waals surface area contributed by atoms with Gasteiger partial charge in [-0.1, -0.05) is 12.1 Å². The Morgan fingerprint density at radius 3 is 2.80 bits per heavy atom. The van der Waals surface area contributed by atoms with E-state index in [0.29, 0.717) is 13.0 Å². The molecule has 0 aliphatic carbocycles. The lowest BCUT2D eigenvalue weighted by Gasteiger charge is -2.14. The third-order valence-electron chi connectivity index (χ3n) is 1.80. The number of rotatable bonds is 5. The summed E-state index contributed by atoms with van der Waals surface area (Å²) in [5, 5.41) is 11.6. The molecule has 0 bridgehead atoms. The zero-order chi connectivity index (χ0) is 11.1. The molecule has 0 atom stereocenters. The highest BCUT2D eigenvalue weighted by atomic mass is 16.5. The van der Waals surface area contributed by atoms with Crippen LogP contribution in [-0.4, -0.2) is 12.6 Å². The molecule has 0 unspecified atom stereocenters. The van der Waals surface area contributed by atoms with Crippen molar-refractivity contribution in [3.63, 3.8) is 0 Å². The van der Waals surface area contributed by atoms with Gasteiger partial charge in [-0.15, -0.1) is 0 Å². The highest BCUT2D eigenvalue weighted by molar-refractivity contribution is 5.56. The van der Waals surface area contributed by atoms with Gasteiger partial charge in [0.15, 0.2) is 0 Å². The molecule has 1 aromatic carbocycles. The molecule has 3 heteroatoms. The number of nitriles is 1. The molecular weight excluding hydrogens is 188 g/mol. The summed E-state index contributed by atoms with van der Waals surface area (Å²) in [4.78, 5) is 0. The SMILES string of the molecule is CC(C)Oc1ccccc1NCCC#N. The summed E-state index contributed by atoms with van der Waals surface area (Å²) >= 11 is 0. The summed E-state index contributed by atoms with van der Waals surface area (Å²) in [6, 6.07) is 9.86. The molecule has 80 valence electrons. The van der Waals surface area contributed by atoms with Crippen molar-refractivity contribution in [1.29, 1.82) is 5.26 Å². The smallest absolute Gasteiger partial charge is 0.142 e. The molecule has 0 aliphatic rings. The lowest BCUT2D eigenvalue weighted by atomic mass is 10.3. The molecule has 0 heterocycles. The van der Waals surface area contributed by atoms with Gasteiger partial charge >= 0.3 is 0 Å². The van der Waals surface area contributed by atoms with Crippen LogP contribution in [0.25, 0.3) is 0 Å². The van der Waals surface area contributed by atoms with E-state index in [1.807, 2.05) is 38.1 Å². The number of hydrogen-bond acceptors (Lipinski definition) is 3. The lowest BCUT2D eigenvalue weighted by molar-refractivity contribution is 0.243. The van der Waals surface area contributed by atoms with Crippen molar-refractivity contribution in [2.75, 3.05) is 11.9 Å². The Morgan fingerprint density at radius 1 is 1.40 bits per heavy atom. The standard InChI is InChI=1S/C12H16N2O/c1-10(2)15-12-7-4-3-6-11(12)14-9-5-8-13/h3-4,6-7,10,14H,5,9H2,1-2H3. The van der Waals surface area contributed by atoms with Gasteiger partial charge in [-0.3, -0.25) is 0 Å². The number of nitrogens with zero attached hydrogens (tertiary/aromatic N) is 1. The van der Waals surface area contributed by atoms with E-state index in [0.717, 1.165) is 11.4 Å². The molecular formula is C12H16N2O. The second-order valence-corrected chi connectivity index (χ2v) is 3.50. The minimum Gasteiger partial charge on any atom is -0.489 e. The summed E-state index contributed by atoms with van der Waals surface area (Å²) in [6.07, 6.45) is 0.652. The molecule has 1 rings (SSSR count). The minimum absolute atomic E-state index is 0.156. The fraction of sp³-hybridized carbons (Fsp3) is 0.417. The topological polar surface area (TPSA) is 45.0 Å². The van der Waals surface area contributed by atoms with E-state index >= 15 is 0 Å². The number of hydrogen-bond donors (Lipinski definition) is 1. The highest BCUT2D eigenvalue weighted by Gasteiger charge is 2.03. The van der Waals surface area contributed by atoms with Crippen molar-refractivity contribution in [3.8, 4) is 11.8 Å². The number of nitrogens with one attached hydrogen (secondary N) is 1. The van der Waals surface area contributed by atoms with Gasteiger partial charge in [0.1, 0.15) is 5.75 Å². The molecule has 0 amide bonds. The average molecular weight is 204 g/mol. The van der Waals surface area contributed by atoms with Crippen molar-refractivity contribution in [2.24, 2.45) is 0 Å². The predicted molar refractivity (Wildman–Crippen MR) is 60.9 cm³/mol. The first-order valence-electron chi connectivity index (χ1n) is 5.10. The van der Waals surface area contributed by atoms with Crippen LogP contribution in [0.4, 0.5) is 5.69 Å². The Balaban J connectivity index is 2.65. The third-order valence-corrected chi connectivity index (χ3v) is 1.80. The van der Waals surface area contributed by atoms with Crippen LogP contribution < -0.4 is 10.1 Å². The van der Waals surface area contributed by atoms with Crippen LogP contribution in [-0.2, 0) is 0 Å². The largest absolute Gasteiger partial charge is 0.489 e. The monoisotopic (exact) mass is 204 g/mol.